The van der Waals surface area contributed by atoms with Crippen molar-refractivity contribution in [3.63, 3.8) is 0 Å². The Bertz CT molecular complexity index is 2570. The lowest BCUT2D eigenvalue weighted by molar-refractivity contribution is -0.136. The maximum atomic E-state index is 14.1. The lowest BCUT2D eigenvalue weighted by atomic mass is 9.70. The van der Waals surface area contributed by atoms with Gasteiger partial charge < -0.3 is 34.7 Å². The lowest BCUT2D eigenvalue weighted by Crippen LogP contribution is -2.54. The van der Waals surface area contributed by atoms with Crippen LogP contribution < -0.4 is 20.9 Å². The zero-order chi connectivity index (χ0) is 45.1. The standard InChI is InChI=1S/C48H53N7O9/c1-4-29-25-33-34(48(2,3)44-42(43(33)58)31-9-8-28(27-49)24-36(31)52-44)26-38(29)54-16-12-30(13-17-54)51-40(57)14-18-62-20-22-64-23-21-63-19-15-50-35-7-5-6-32-41(35)47(61)55(46(32)60)37-10-11-39(56)53-45(37)59/h5-9,24-26,30,37,50,52H,4,10-23H2,1-3H3,(H,51,57)(H,53,56,59). The average molecular weight is 872 g/mol. The summed E-state index contributed by atoms with van der Waals surface area (Å²) in [6.45, 7) is 10.2. The minimum Gasteiger partial charge on any atom is -0.382 e. The highest BCUT2D eigenvalue weighted by Gasteiger charge is 2.46. The highest BCUT2D eigenvalue weighted by atomic mass is 16.5. The fraction of sp³-hybridized carbons (Fsp3) is 0.438. The van der Waals surface area contributed by atoms with Crippen LogP contribution in [0.3, 0.4) is 0 Å². The maximum absolute atomic E-state index is 14.1. The van der Waals surface area contributed by atoms with Crippen molar-refractivity contribution in [3.8, 4) is 6.07 Å². The molecule has 3 aliphatic heterocycles. The molecule has 1 atom stereocenters. The summed E-state index contributed by atoms with van der Waals surface area (Å²) in [4.78, 5) is 83.9. The number of ether oxygens (including phenoxy) is 3. The summed E-state index contributed by atoms with van der Waals surface area (Å²) in [6.07, 6.45) is 2.77. The second kappa shape index (κ2) is 18.7. The molecule has 0 saturated carbocycles. The molecule has 0 spiro atoms. The SMILES string of the molecule is CCc1cc2c(cc1N1CCC(NC(=O)CCOCCOCCOCCNc3cccc4c3C(=O)N(C3CCC(=O)NC3=O)C4=O)CC1)C(C)(C)c1[nH]c3cc(C#N)ccc3c1C2=O. The molecule has 4 aromatic rings. The Kier molecular flexibility index (Phi) is 12.9. The minimum atomic E-state index is -1.03. The van der Waals surface area contributed by atoms with Crippen molar-refractivity contribution in [1.82, 2.24) is 20.5 Å². The number of carbonyl (C=O) groups is 6. The Hall–Kier alpha value is -6.41. The largest absolute Gasteiger partial charge is 0.382 e. The first kappa shape index (κ1) is 44.2. The Morgan fingerprint density at radius 2 is 1.61 bits per heavy atom. The summed E-state index contributed by atoms with van der Waals surface area (Å²) in [7, 11) is 0. The number of amides is 5. The van der Waals surface area contributed by atoms with E-state index in [0.29, 0.717) is 56.4 Å². The molecule has 0 bridgehead atoms. The molecule has 2 saturated heterocycles. The van der Waals surface area contributed by atoms with Crippen molar-refractivity contribution in [2.24, 2.45) is 0 Å². The summed E-state index contributed by atoms with van der Waals surface area (Å²) < 4.78 is 16.9. The van der Waals surface area contributed by atoms with Crippen LogP contribution in [0, 0.1) is 11.3 Å². The molecule has 334 valence electrons. The number of nitrogens with zero attached hydrogens (tertiary/aromatic N) is 3. The van der Waals surface area contributed by atoms with Crippen LogP contribution in [0.15, 0.2) is 48.5 Å². The van der Waals surface area contributed by atoms with Crippen LogP contribution in [-0.2, 0) is 40.4 Å². The number of anilines is 2. The van der Waals surface area contributed by atoms with E-state index in [4.69, 9.17) is 14.2 Å². The summed E-state index contributed by atoms with van der Waals surface area (Å²) in [5, 5.41) is 18.8. The number of aromatic nitrogens is 1. The van der Waals surface area contributed by atoms with Crippen LogP contribution in [0.1, 0.15) is 112 Å². The lowest BCUT2D eigenvalue weighted by Gasteiger charge is -2.38. The van der Waals surface area contributed by atoms with Gasteiger partial charge in [0.25, 0.3) is 11.8 Å². The zero-order valence-electron chi connectivity index (χ0n) is 36.4. The van der Waals surface area contributed by atoms with E-state index in [1.165, 1.54) is 0 Å². The molecule has 8 rings (SSSR count). The molecule has 4 heterocycles. The van der Waals surface area contributed by atoms with E-state index in [9.17, 15) is 34.0 Å². The van der Waals surface area contributed by atoms with Crippen LogP contribution in [0.25, 0.3) is 10.9 Å². The molecule has 1 aliphatic carbocycles. The van der Waals surface area contributed by atoms with Gasteiger partial charge in [0.15, 0.2) is 5.78 Å². The third-order valence-corrected chi connectivity index (χ3v) is 12.7. The van der Waals surface area contributed by atoms with Crippen LogP contribution in [0.2, 0.25) is 0 Å². The minimum absolute atomic E-state index is 0.00551. The molecule has 3 aromatic carbocycles. The Balaban J connectivity index is 0.709. The number of imide groups is 2. The molecule has 2 fully saturated rings. The van der Waals surface area contributed by atoms with Crippen molar-refractivity contribution >= 4 is 57.6 Å². The summed E-state index contributed by atoms with van der Waals surface area (Å²) >= 11 is 0. The van der Waals surface area contributed by atoms with Gasteiger partial charge in [0.1, 0.15) is 6.04 Å². The van der Waals surface area contributed by atoms with E-state index in [0.717, 1.165) is 76.2 Å². The van der Waals surface area contributed by atoms with Gasteiger partial charge in [0, 0.05) is 77.5 Å². The average Bonchev–Trinajstić information content (AvgIpc) is 3.80. The number of aryl methyl sites for hydroxylation is 1. The van der Waals surface area contributed by atoms with Gasteiger partial charge in [-0.2, -0.15) is 5.26 Å². The van der Waals surface area contributed by atoms with Crippen molar-refractivity contribution in [1.29, 1.82) is 5.26 Å². The second-order valence-corrected chi connectivity index (χ2v) is 17.1. The van der Waals surface area contributed by atoms with E-state index in [-0.39, 0.29) is 54.7 Å². The van der Waals surface area contributed by atoms with E-state index < -0.39 is 35.1 Å². The molecule has 4 aliphatic rings. The number of H-pyrrole nitrogens is 1. The predicted molar refractivity (Wildman–Crippen MR) is 236 cm³/mol. The number of benzene rings is 3. The number of nitriles is 1. The molecule has 4 N–H and O–H groups in total. The maximum Gasteiger partial charge on any atom is 0.264 e. The van der Waals surface area contributed by atoms with E-state index in [2.05, 4.69) is 64.8 Å². The fourth-order valence-electron chi connectivity index (χ4n) is 9.35. The third-order valence-electron chi connectivity index (χ3n) is 12.7. The van der Waals surface area contributed by atoms with Crippen LogP contribution in [0.5, 0.6) is 0 Å². The van der Waals surface area contributed by atoms with Gasteiger partial charge in [-0.15, -0.1) is 0 Å². The number of hydrogen-bond donors (Lipinski definition) is 4. The van der Waals surface area contributed by atoms with E-state index >= 15 is 0 Å². The van der Waals surface area contributed by atoms with Gasteiger partial charge >= 0.3 is 0 Å². The quantitative estimate of drug-likeness (QED) is 0.0853. The normalized spacial score (nSPS) is 18.2. The fourth-order valence-corrected chi connectivity index (χ4v) is 9.35. The van der Waals surface area contributed by atoms with Gasteiger partial charge in [-0.1, -0.05) is 32.9 Å². The van der Waals surface area contributed by atoms with Crippen molar-refractivity contribution in [2.75, 3.05) is 69.5 Å². The van der Waals surface area contributed by atoms with Gasteiger partial charge in [0.2, 0.25) is 17.7 Å². The molecule has 1 aromatic heterocycles. The zero-order valence-corrected chi connectivity index (χ0v) is 36.4. The van der Waals surface area contributed by atoms with Gasteiger partial charge in [0.05, 0.1) is 68.0 Å². The molecule has 5 amide bonds. The smallest absolute Gasteiger partial charge is 0.264 e. The van der Waals surface area contributed by atoms with Crippen molar-refractivity contribution in [2.45, 2.75) is 76.8 Å². The first-order valence-electron chi connectivity index (χ1n) is 22.1. The third kappa shape index (κ3) is 8.62. The summed E-state index contributed by atoms with van der Waals surface area (Å²) in [5.41, 5.74) is 7.26. The van der Waals surface area contributed by atoms with Crippen molar-refractivity contribution in [3.05, 3.63) is 93.2 Å². The van der Waals surface area contributed by atoms with Crippen LogP contribution >= 0.6 is 0 Å². The van der Waals surface area contributed by atoms with Crippen molar-refractivity contribution < 1.29 is 43.0 Å². The number of aromatic amines is 1. The predicted octanol–water partition coefficient (Wildman–Crippen LogP) is 4.51. The highest BCUT2D eigenvalue weighted by molar-refractivity contribution is 6.25. The van der Waals surface area contributed by atoms with E-state index in [1.54, 1.807) is 30.3 Å². The van der Waals surface area contributed by atoms with E-state index in [1.807, 2.05) is 6.07 Å². The second-order valence-electron chi connectivity index (χ2n) is 17.1. The number of fused-ring (bicyclic) bond motifs is 5. The number of hydrogen-bond acceptors (Lipinski definition) is 12. The van der Waals surface area contributed by atoms with Crippen LogP contribution in [0.4, 0.5) is 11.4 Å². The molecular weight excluding hydrogens is 819 g/mol. The number of ketones is 1. The summed E-state index contributed by atoms with van der Waals surface area (Å²) in [6, 6.07) is 15.8. The first-order valence-corrected chi connectivity index (χ1v) is 22.1. The van der Waals surface area contributed by atoms with Gasteiger partial charge in [-0.25, -0.2) is 0 Å². The molecule has 1 unspecified atom stereocenters. The number of piperidine rings is 2. The van der Waals surface area contributed by atoms with Gasteiger partial charge in [-0.3, -0.25) is 39.0 Å². The summed E-state index contributed by atoms with van der Waals surface area (Å²) in [5.74, 6) is -2.26. The molecular formula is C48H53N7O9. The topological polar surface area (TPSA) is 212 Å². The molecule has 0 radical (unpaired) electrons. The molecule has 64 heavy (non-hydrogen) atoms. The number of nitrogens with one attached hydrogen (secondary N) is 4. The monoisotopic (exact) mass is 871 g/mol. The number of rotatable bonds is 17. The Labute approximate surface area is 371 Å². The van der Waals surface area contributed by atoms with Gasteiger partial charge in [-0.05, 0) is 73.2 Å². The first-order chi connectivity index (χ1) is 30.9. The Morgan fingerprint density at radius 3 is 2.33 bits per heavy atom. The number of carbonyl (C=O) groups excluding carboxylic acids is 6. The molecule has 16 heteroatoms. The van der Waals surface area contributed by atoms with Crippen LogP contribution in [-0.4, -0.2) is 117 Å². The highest BCUT2D eigenvalue weighted by Crippen LogP contribution is 2.46. The Morgan fingerprint density at radius 1 is 0.875 bits per heavy atom. The molecule has 16 nitrogen and oxygen atoms in total.